The van der Waals surface area contributed by atoms with Crippen LogP contribution < -0.4 is 4.72 Å². The minimum atomic E-state index is -4.28. The predicted molar refractivity (Wildman–Crippen MR) is 154 cm³/mol. The lowest BCUT2D eigenvalue weighted by atomic mass is 10.1. The van der Waals surface area contributed by atoms with Crippen LogP contribution in [0.1, 0.15) is 38.3 Å². The van der Waals surface area contributed by atoms with Gasteiger partial charge in [0.2, 0.25) is 0 Å². The number of sulfonamides is 1. The first-order chi connectivity index (χ1) is 17.5. The summed E-state index contributed by atoms with van der Waals surface area (Å²) in [5, 5.41) is 0. The van der Waals surface area contributed by atoms with E-state index < -0.39 is 35.7 Å². The van der Waals surface area contributed by atoms with Crippen LogP contribution in [0.2, 0.25) is 0 Å². The molecule has 0 aliphatic rings. The number of ether oxygens (including phenoxy) is 1. The number of allylic oxidation sites excluding steroid dienone is 1. The fraction of sp³-hybridized carbons (Fsp3) is 0.346. The molecule has 38 heavy (non-hydrogen) atoms. The highest BCUT2D eigenvalue weighted by atomic mass is 35.6. The van der Waals surface area contributed by atoms with Crippen LogP contribution in [0.3, 0.4) is 0 Å². The topological polar surface area (TPSA) is 102 Å². The van der Waals surface area contributed by atoms with Gasteiger partial charge in [0, 0.05) is 6.04 Å². The number of halogens is 3. The average molecular weight is 622 g/mol. The van der Waals surface area contributed by atoms with Gasteiger partial charge in [-0.3, -0.25) is 0 Å². The molecule has 2 atom stereocenters. The zero-order valence-electron chi connectivity index (χ0n) is 21.7. The third kappa shape index (κ3) is 10.0. The minimum Gasteiger partial charge on any atom is -0.458 e. The number of benzene rings is 2. The Morgan fingerprint density at radius 2 is 1.45 bits per heavy atom. The molecule has 0 fully saturated rings. The Morgan fingerprint density at radius 1 is 0.947 bits per heavy atom. The lowest BCUT2D eigenvalue weighted by Crippen LogP contribution is -2.34. The van der Waals surface area contributed by atoms with Crippen LogP contribution in [0.4, 0.5) is 0 Å². The second-order valence-corrected chi connectivity index (χ2v) is 15.1. The van der Waals surface area contributed by atoms with Gasteiger partial charge in [-0.1, -0.05) is 91.2 Å². The van der Waals surface area contributed by atoms with E-state index in [1.54, 1.807) is 49.4 Å². The summed E-state index contributed by atoms with van der Waals surface area (Å²) in [4.78, 5) is 11.8. The van der Waals surface area contributed by atoms with Gasteiger partial charge in [0.25, 0.3) is 13.8 Å². The predicted octanol–water partition coefficient (Wildman–Crippen LogP) is 6.61. The Balaban J connectivity index is 2.48. The first-order valence-electron chi connectivity index (χ1n) is 11.5. The molecule has 208 valence electrons. The van der Waals surface area contributed by atoms with Crippen molar-refractivity contribution in [3.05, 3.63) is 83.0 Å². The summed E-state index contributed by atoms with van der Waals surface area (Å²) in [7, 11) is -7.94. The van der Waals surface area contributed by atoms with Crippen molar-refractivity contribution in [2.24, 2.45) is 3.77 Å². The van der Waals surface area contributed by atoms with Gasteiger partial charge in [-0.15, -0.1) is 0 Å². The molecule has 0 heterocycles. The van der Waals surface area contributed by atoms with Crippen LogP contribution in [0.25, 0.3) is 0 Å². The summed E-state index contributed by atoms with van der Waals surface area (Å²) in [5.41, 5.74) is 3.46. The van der Waals surface area contributed by atoms with Crippen LogP contribution in [0.15, 0.2) is 85.4 Å². The van der Waals surface area contributed by atoms with Crippen molar-refractivity contribution in [3.8, 4) is 0 Å². The molecule has 0 aliphatic heterocycles. The van der Waals surface area contributed by atoms with Crippen LogP contribution >= 0.6 is 34.8 Å². The molecule has 12 heteroatoms. The molecule has 0 bridgehead atoms. The average Bonchev–Trinajstić information content (AvgIpc) is 2.78. The molecule has 1 N–H and O–H groups in total. The Kier molecular flexibility index (Phi) is 11.5. The standard InChI is InChI=1S/C26H31Cl3N2O5S2/c1-18(2)16-22(17-21(5)14-15-36-25(32)26(27,28)29)30-37(33,23-10-6-19(3)7-11-23)31-38(34,35)24-12-8-20(4)9-13-24/h6-14,16,22H,15,17H2,1-5H3,(H,30,31,33)/b21-14+/t22-,37?/m0/s1. The van der Waals surface area contributed by atoms with Gasteiger partial charge in [0.05, 0.1) is 9.79 Å². The Hall–Kier alpha value is -1.88. The van der Waals surface area contributed by atoms with E-state index in [4.69, 9.17) is 39.5 Å². The smallest absolute Gasteiger partial charge is 0.358 e. The molecule has 0 amide bonds. The van der Waals surface area contributed by atoms with Gasteiger partial charge in [0.15, 0.2) is 9.92 Å². The lowest BCUT2D eigenvalue weighted by Gasteiger charge is -2.20. The summed E-state index contributed by atoms with van der Waals surface area (Å²) >= 11 is 16.5. The number of hydrogen-bond acceptors (Lipinski definition) is 5. The molecule has 2 aromatic rings. The highest BCUT2D eigenvalue weighted by Crippen LogP contribution is 2.27. The highest BCUT2D eigenvalue weighted by Gasteiger charge is 2.32. The van der Waals surface area contributed by atoms with E-state index in [9.17, 15) is 17.4 Å². The maximum atomic E-state index is 14.3. The monoisotopic (exact) mass is 620 g/mol. The van der Waals surface area contributed by atoms with E-state index in [1.165, 1.54) is 12.1 Å². The van der Waals surface area contributed by atoms with Crippen molar-refractivity contribution >= 4 is 60.7 Å². The molecule has 2 rings (SSSR count). The molecule has 7 nitrogen and oxygen atoms in total. The summed E-state index contributed by atoms with van der Waals surface area (Å²) in [5.74, 6) is -1.01. The zero-order valence-corrected chi connectivity index (χ0v) is 25.6. The maximum Gasteiger partial charge on any atom is 0.358 e. The van der Waals surface area contributed by atoms with Crippen LogP contribution in [0, 0.1) is 13.8 Å². The van der Waals surface area contributed by atoms with Crippen LogP contribution in [0.5, 0.6) is 0 Å². The zero-order chi connectivity index (χ0) is 28.7. The van der Waals surface area contributed by atoms with Crippen LogP contribution in [-0.4, -0.2) is 35.0 Å². The number of nitrogens with one attached hydrogen (secondary N) is 1. The number of hydrogen-bond donors (Lipinski definition) is 1. The summed E-state index contributed by atoms with van der Waals surface area (Å²) in [6, 6.07) is 12.3. The quantitative estimate of drug-likeness (QED) is 0.183. The minimum absolute atomic E-state index is 0.0599. The number of rotatable bonds is 10. The van der Waals surface area contributed by atoms with Gasteiger partial charge < -0.3 is 4.74 Å². The van der Waals surface area contributed by atoms with Crippen molar-refractivity contribution in [2.45, 2.75) is 60.7 Å². The van der Waals surface area contributed by atoms with E-state index in [0.29, 0.717) is 6.42 Å². The van der Waals surface area contributed by atoms with Crippen molar-refractivity contribution in [1.29, 1.82) is 0 Å². The number of nitrogens with zero attached hydrogens (tertiary/aromatic N) is 1. The van der Waals surface area contributed by atoms with E-state index in [1.807, 2.05) is 33.8 Å². The number of esters is 1. The molecule has 2 aromatic carbocycles. The fourth-order valence-corrected chi connectivity index (χ4v) is 7.07. The first kappa shape index (κ1) is 32.3. The molecule has 1 unspecified atom stereocenters. The number of carbonyl (C=O) groups excluding carboxylic acids is 1. The fourth-order valence-electron chi connectivity index (χ4n) is 3.26. The molecule has 0 aromatic heterocycles. The van der Waals surface area contributed by atoms with E-state index in [2.05, 4.69) is 8.49 Å². The van der Waals surface area contributed by atoms with E-state index in [-0.39, 0.29) is 16.4 Å². The molecule has 0 saturated carbocycles. The second kappa shape index (κ2) is 13.5. The third-order valence-corrected chi connectivity index (χ3v) is 9.62. The summed E-state index contributed by atoms with van der Waals surface area (Å²) < 4.78 is 50.4. The number of alkyl halides is 3. The van der Waals surface area contributed by atoms with Crippen molar-refractivity contribution in [1.82, 2.24) is 4.72 Å². The lowest BCUT2D eigenvalue weighted by molar-refractivity contribution is -0.141. The summed E-state index contributed by atoms with van der Waals surface area (Å²) in [6.07, 6.45) is 3.75. The van der Waals surface area contributed by atoms with Crippen LogP contribution in [-0.2, 0) is 29.5 Å². The number of aryl methyl sites for hydroxylation is 2. The van der Waals surface area contributed by atoms with Gasteiger partial charge in [-0.2, -0.15) is 8.42 Å². The molecule has 0 aliphatic carbocycles. The summed E-state index contributed by atoms with van der Waals surface area (Å²) in [6.45, 7) is 9.08. The SMILES string of the molecule is CC(C)=C[C@@H](C/C(C)=C/COC(=O)C(Cl)(Cl)Cl)NS(=O)(=NS(=O)(=O)c1ccc(C)cc1)c1ccc(C)cc1. The van der Waals surface area contributed by atoms with Gasteiger partial charge in [-0.25, -0.2) is 13.7 Å². The maximum absolute atomic E-state index is 14.3. The second-order valence-electron chi connectivity index (χ2n) is 9.02. The van der Waals surface area contributed by atoms with Crippen molar-refractivity contribution in [3.63, 3.8) is 0 Å². The molecular weight excluding hydrogens is 591 g/mol. The first-order valence-corrected chi connectivity index (χ1v) is 15.6. The Morgan fingerprint density at radius 3 is 1.92 bits per heavy atom. The largest absolute Gasteiger partial charge is 0.458 e. The van der Waals surface area contributed by atoms with E-state index >= 15 is 0 Å². The van der Waals surface area contributed by atoms with Gasteiger partial charge in [0.1, 0.15) is 6.61 Å². The van der Waals surface area contributed by atoms with Gasteiger partial charge in [-0.05, 0) is 71.4 Å². The molecule has 0 spiro atoms. The molecule has 0 radical (unpaired) electrons. The Bertz CT molecular complexity index is 1420. The Labute approximate surface area is 240 Å². The van der Waals surface area contributed by atoms with Crippen molar-refractivity contribution < 1.29 is 22.2 Å². The van der Waals surface area contributed by atoms with Gasteiger partial charge >= 0.3 is 5.97 Å². The normalized spacial score (nSPS) is 14.8. The highest BCUT2D eigenvalue weighted by molar-refractivity contribution is 8.02. The van der Waals surface area contributed by atoms with E-state index in [0.717, 1.165) is 22.3 Å². The number of carbonyl (C=O) groups is 1. The molecular formula is C26H31Cl3N2O5S2. The third-order valence-electron chi connectivity index (χ3n) is 5.13. The van der Waals surface area contributed by atoms with Crippen molar-refractivity contribution in [2.75, 3.05) is 6.61 Å². The molecule has 0 saturated heterocycles.